The maximum Gasteiger partial charge on any atom is 0.274 e. The van der Waals surface area contributed by atoms with Crippen molar-refractivity contribution in [1.82, 2.24) is 34.5 Å². The molecule has 2 fully saturated rings. The summed E-state index contributed by atoms with van der Waals surface area (Å²) in [5.41, 5.74) is 1.37. The van der Waals surface area contributed by atoms with Crippen molar-refractivity contribution >= 4 is 5.91 Å². The van der Waals surface area contributed by atoms with E-state index in [1.807, 2.05) is 11.8 Å². The van der Waals surface area contributed by atoms with E-state index in [9.17, 15) is 4.79 Å². The normalized spacial score (nSPS) is 19.6. The average Bonchev–Trinajstić information content (AvgIpc) is 3.28. The summed E-state index contributed by atoms with van der Waals surface area (Å²) < 4.78 is 2.18. The number of amides is 1. The molecule has 146 valence electrons. The van der Waals surface area contributed by atoms with Crippen molar-refractivity contribution < 1.29 is 4.79 Å². The van der Waals surface area contributed by atoms with Crippen molar-refractivity contribution in [1.29, 1.82) is 0 Å². The smallest absolute Gasteiger partial charge is 0.274 e. The predicted octanol–water partition coefficient (Wildman–Crippen LogP) is 1.85. The number of H-pyrrole nitrogens is 1. The molecule has 27 heavy (non-hydrogen) atoms. The highest BCUT2D eigenvalue weighted by molar-refractivity contribution is 5.93. The van der Waals surface area contributed by atoms with Crippen molar-refractivity contribution in [3.8, 4) is 0 Å². The van der Waals surface area contributed by atoms with E-state index in [0.29, 0.717) is 11.6 Å². The van der Waals surface area contributed by atoms with Crippen LogP contribution in [-0.2, 0) is 13.6 Å². The number of aryl methyl sites for hydroxylation is 1. The molecule has 8 heteroatoms. The van der Waals surface area contributed by atoms with Gasteiger partial charge in [-0.1, -0.05) is 6.42 Å². The Bertz CT molecular complexity index is 782. The maximum atomic E-state index is 12.6. The fourth-order valence-corrected chi connectivity index (χ4v) is 4.25. The van der Waals surface area contributed by atoms with Crippen LogP contribution in [0.2, 0.25) is 0 Å². The van der Waals surface area contributed by atoms with Gasteiger partial charge in [0.1, 0.15) is 17.3 Å². The molecule has 1 N–H and O–H groups in total. The first-order valence-corrected chi connectivity index (χ1v) is 10.0. The van der Waals surface area contributed by atoms with Crippen molar-refractivity contribution in [3.63, 3.8) is 0 Å². The summed E-state index contributed by atoms with van der Waals surface area (Å²) in [5.74, 6) is 2.50. The number of likely N-dealkylation sites (tertiary alicyclic amines) is 2. The summed E-state index contributed by atoms with van der Waals surface area (Å²) in [6.07, 6.45) is 7.34. The number of nitrogens with one attached hydrogen (secondary N) is 1. The number of aromatic nitrogens is 5. The summed E-state index contributed by atoms with van der Waals surface area (Å²) in [4.78, 5) is 24.2. The van der Waals surface area contributed by atoms with E-state index in [0.717, 1.165) is 62.9 Å². The lowest BCUT2D eigenvalue weighted by Gasteiger charge is -2.31. The Hall–Kier alpha value is -2.22. The number of piperidine rings is 2. The Morgan fingerprint density at radius 1 is 1.15 bits per heavy atom. The number of hydrogen-bond donors (Lipinski definition) is 1. The number of rotatable bonds is 4. The molecule has 0 saturated carbocycles. The van der Waals surface area contributed by atoms with Crippen LogP contribution in [-0.4, -0.2) is 66.6 Å². The molecule has 0 unspecified atom stereocenters. The van der Waals surface area contributed by atoms with E-state index in [1.54, 1.807) is 6.33 Å². The van der Waals surface area contributed by atoms with Crippen LogP contribution in [0, 0.1) is 6.92 Å². The summed E-state index contributed by atoms with van der Waals surface area (Å²) in [6, 6.07) is 0. The Labute approximate surface area is 160 Å². The van der Waals surface area contributed by atoms with Gasteiger partial charge in [0.25, 0.3) is 5.91 Å². The molecular weight excluding hydrogens is 342 g/mol. The highest BCUT2D eigenvalue weighted by atomic mass is 16.2. The second kappa shape index (κ2) is 7.80. The van der Waals surface area contributed by atoms with Gasteiger partial charge < -0.3 is 14.5 Å². The van der Waals surface area contributed by atoms with Gasteiger partial charge in [0.15, 0.2) is 0 Å². The van der Waals surface area contributed by atoms with Crippen LogP contribution in [0.3, 0.4) is 0 Å². The van der Waals surface area contributed by atoms with Crippen LogP contribution in [0.25, 0.3) is 0 Å². The minimum atomic E-state index is 0.0240. The van der Waals surface area contributed by atoms with Gasteiger partial charge in [0, 0.05) is 31.7 Å². The van der Waals surface area contributed by atoms with Gasteiger partial charge in [0.2, 0.25) is 0 Å². The Morgan fingerprint density at radius 2 is 1.89 bits per heavy atom. The molecule has 4 rings (SSSR count). The molecule has 0 aliphatic carbocycles. The van der Waals surface area contributed by atoms with Crippen LogP contribution in [0.4, 0.5) is 0 Å². The molecule has 8 nitrogen and oxygen atoms in total. The Kier molecular flexibility index (Phi) is 5.24. The van der Waals surface area contributed by atoms with E-state index in [2.05, 4.69) is 36.7 Å². The van der Waals surface area contributed by atoms with Gasteiger partial charge >= 0.3 is 0 Å². The molecule has 4 heterocycles. The second-order valence-corrected chi connectivity index (χ2v) is 7.81. The standard InChI is InChI=1S/C19H29N7O/c1-14-17(21-13-20-14)19(27)26-10-6-15(7-11-26)18-23-22-16(24(18)2)12-25-8-4-3-5-9-25/h13,15H,3-12H2,1-2H3,(H,20,21). The number of carbonyl (C=O) groups excluding carboxylic acids is 1. The highest BCUT2D eigenvalue weighted by Gasteiger charge is 2.29. The van der Waals surface area contributed by atoms with E-state index in [4.69, 9.17) is 0 Å². The number of imidazole rings is 1. The molecule has 0 radical (unpaired) electrons. The third-order valence-electron chi connectivity index (χ3n) is 5.99. The van der Waals surface area contributed by atoms with Gasteiger partial charge in [-0.25, -0.2) is 4.98 Å². The quantitative estimate of drug-likeness (QED) is 0.887. The molecular formula is C19H29N7O. The third kappa shape index (κ3) is 3.76. The van der Waals surface area contributed by atoms with Gasteiger partial charge in [-0.3, -0.25) is 9.69 Å². The zero-order valence-corrected chi connectivity index (χ0v) is 16.3. The van der Waals surface area contributed by atoms with Crippen molar-refractivity contribution in [3.05, 3.63) is 29.4 Å². The Balaban J connectivity index is 1.37. The van der Waals surface area contributed by atoms with Crippen molar-refractivity contribution in [2.45, 2.75) is 51.5 Å². The molecule has 0 bridgehead atoms. The van der Waals surface area contributed by atoms with Crippen LogP contribution >= 0.6 is 0 Å². The number of carbonyl (C=O) groups is 1. The lowest BCUT2D eigenvalue weighted by atomic mass is 9.95. The SMILES string of the molecule is Cc1[nH]cnc1C(=O)N1CCC(c2nnc(CN3CCCCC3)n2C)CC1. The predicted molar refractivity (Wildman–Crippen MR) is 101 cm³/mol. The van der Waals surface area contributed by atoms with Gasteiger partial charge in [-0.15, -0.1) is 10.2 Å². The first-order chi connectivity index (χ1) is 13.1. The van der Waals surface area contributed by atoms with Gasteiger partial charge in [0.05, 0.1) is 12.9 Å². The summed E-state index contributed by atoms with van der Waals surface area (Å²) in [7, 11) is 2.08. The lowest BCUT2D eigenvalue weighted by molar-refractivity contribution is 0.0704. The topological polar surface area (TPSA) is 82.9 Å². The molecule has 2 saturated heterocycles. The Morgan fingerprint density at radius 3 is 2.56 bits per heavy atom. The molecule has 0 aromatic carbocycles. The number of hydrogen-bond acceptors (Lipinski definition) is 5. The molecule has 0 spiro atoms. The minimum absolute atomic E-state index is 0.0240. The molecule has 0 atom stereocenters. The monoisotopic (exact) mass is 371 g/mol. The van der Waals surface area contributed by atoms with Crippen molar-refractivity contribution in [2.24, 2.45) is 7.05 Å². The summed E-state index contributed by atoms with van der Waals surface area (Å²) >= 11 is 0. The van der Waals surface area contributed by atoms with Crippen molar-refractivity contribution in [2.75, 3.05) is 26.2 Å². The van der Waals surface area contributed by atoms with E-state index in [1.165, 1.54) is 19.3 Å². The van der Waals surface area contributed by atoms with E-state index < -0.39 is 0 Å². The zero-order valence-electron chi connectivity index (χ0n) is 16.3. The van der Waals surface area contributed by atoms with E-state index in [-0.39, 0.29) is 5.91 Å². The lowest BCUT2D eigenvalue weighted by Crippen LogP contribution is -2.38. The third-order valence-corrected chi connectivity index (χ3v) is 5.99. The van der Waals surface area contributed by atoms with Crippen LogP contribution < -0.4 is 0 Å². The minimum Gasteiger partial charge on any atom is -0.348 e. The molecule has 2 aromatic rings. The fourth-order valence-electron chi connectivity index (χ4n) is 4.25. The van der Waals surface area contributed by atoms with Gasteiger partial charge in [-0.2, -0.15) is 0 Å². The van der Waals surface area contributed by atoms with Crippen LogP contribution in [0.5, 0.6) is 0 Å². The molecule has 1 amide bonds. The fraction of sp³-hybridized carbons (Fsp3) is 0.684. The molecule has 2 aromatic heterocycles. The second-order valence-electron chi connectivity index (χ2n) is 7.81. The zero-order chi connectivity index (χ0) is 18.8. The molecule has 2 aliphatic rings. The van der Waals surface area contributed by atoms with Crippen LogP contribution in [0.15, 0.2) is 6.33 Å². The first kappa shape index (κ1) is 18.2. The summed E-state index contributed by atoms with van der Waals surface area (Å²) in [6.45, 7) is 6.58. The number of nitrogens with zero attached hydrogens (tertiary/aromatic N) is 6. The summed E-state index contributed by atoms with van der Waals surface area (Å²) in [5, 5.41) is 8.97. The molecule has 2 aliphatic heterocycles. The van der Waals surface area contributed by atoms with E-state index >= 15 is 0 Å². The highest BCUT2D eigenvalue weighted by Crippen LogP contribution is 2.28. The maximum absolute atomic E-state index is 12.6. The van der Waals surface area contributed by atoms with Gasteiger partial charge in [-0.05, 0) is 45.7 Å². The number of aromatic amines is 1. The largest absolute Gasteiger partial charge is 0.348 e. The average molecular weight is 371 g/mol. The first-order valence-electron chi connectivity index (χ1n) is 10.0. The van der Waals surface area contributed by atoms with Crippen LogP contribution in [0.1, 0.15) is 65.9 Å².